The number of fused-ring (bicyclic) bond motifs is 1. The van der Waals surface area contributed by atoms with Crippen LogP contribution in [-0.4, -0.2) is 39.4 Å². The Labute approximate surface area is 170 Å². The molecule has 7 nitrogen and oxygen atoms in total. The van der Waals surface area contributed by atoms with E-state index >= 15 is 0 Å². The molecule has 7 heteroatoms. The molecular formula is C22H27N5O2. The number of aromatic nitrogens is 3. The maximum absolute atomic E-state index is 12.1. The van der Waals surface area contributed by atoms with Gasteiger partial charge in [0.05, 0.1) is 11.9 Å². The van der Waals surface area contributed by atoms with Crippen molar-refractivity contribution in [2.45, 2.75) is 45.1 Å². The lowest BCUT2D eigenvalue weighted by atomic mass is 9.96. The molecule has 0 saturated carbocycles. The fraction of sp³-hybridized carbons (Fsp3) is 0.409. The number of hydrogen-bond donors (Lipinski definition) is 2. The van der Waals surface area contributed by atoms with E-state index in [4.69, 9.17) is 4.74 Å². The number of piperidine rings is 1. The lowest BCUT2D eigenvalue weighted by Gasteiger charge is -2.23. The van der Waals surface area contributed by atoms with Crippen LogP contribution in [0.4, 0.5) is 10.5 Å². The van der Waals surface area contributed by atoms with E-state index in [2.05, 4.69) is 26.8 Å². The van der Waals surface area contributed by atoms with E-state index in [1.165, 1.54) is 12.1 Å². The van der Waals surface area contributed by atoms with Crippen molar-refractivity contribution < 1.29 is 9.53 Å². The largest absolute Gasteiger partial charge is 0.444 e. The number of anilines is 1. The summed E-state index contributed by atoms with van der Waals surface area (Å²) in [5, 5.41) is 10.9. The highest BCUT2D eigenvalue weighted by Gasteiger charge is 2.20. The normalized spacial score (nSPS) is 17.3. The first-order chi connectivity index (χ1) is 13.9. The van der Waals surface area contributed by atoms with Crippen LogP contribution in [0.5, 0.6) is 0 Å². The molecule has 1 aliphatic heterocycles. The van der Waals surface area contributed by atoms with Crippen LogP contribution in [0.3, 0.4) is 0 Å². The van der Waals surface area contributed by atoms with Gasteiger partial charge >= 0.3 is 6.09 Å². The predicted octanol–water partition coefficient (Wildman–Crippen LogP) is 4.21. The maximum atomic E-state index is 12.1. The molecule has 1 saturated heterocycles. The number of ether oxygens (including phenoxy) is 1. The second-order valence-corrected chi connectivity index (χ2v) is 8.41. The van der Waals surface area contributed by atoms with Crippen LogP contribution in [0.2, 0.25) is 0 Å². The van der Waals surface area contributed by atoms with Crippen LogP contribution in [0.15, 0.2) is 42.7 Å². The number of amides is 1. The molecule has 4 rings (SSSR count). The van der Waals surface area contributed by atoms with Crippen LogP contribution in [0.25, 0.3) is 16.8 Å². The number of rotatable bonds is 3. The summed E-state index contributed by atoms with van der Waals surface area (Å²) in [7, 11) is 0. The summed E-state index contributed by atoms with van der Waals surface area (Å²) < 4.78 is 7.29. The van der Waals surface area contributed by atoms with E-state index in [1.807, 2.05) is 61.9 Å². The maximum Gasteiger partial charge on any atom is 0.412 e. The minimum Gasteiger partial charge on any atom is -0.444 e. The molecule has 3 heterocycles. The Balaban J connectivity index is 1.63. The van der Waals surface area contributed by atoms with Crippen molar-refractivity contribution in [1.82, 2.24) is 19.9 Å². The molecule has 1 unspecified atom stereocenters. The SMILES string of the molecule is CC(C)(C)OC(=O)Nc1cccc(-c2cnn3c(C4CCCNC4)ccnc23)c1. The highest BCUT2D eigenvalue weighted by molar-refractivity contribution is 5.87. The highest BCUT2D eigenvalue weighted by Crippen LogP contribution is 2.29. The number of nitrogens with zero attached hydrogens (tertiary/aromatic N) is 3. The monoisotopic (exact) mass is 393 g/mol. The van der Waals surface area contributed by atoms with Crippen LogP contribution in [-0.2, 0) is 4.74 Å². The average Bonchev–Trinajstić information content (AvgIpc) is 3.11. The number of nitrogens with one attached hydrogen (secondary N) is 2. The van der Waals surface area contributed by atoms with Crippen LogP contribution >= 0.6 is 0 Å². The molecule has 152 valence electrons. The van der Waals surface area contributed by atoms with Gasteiger partial charge in [-0.05, 0) is 63.9 Å². The molecule has 2 N–H and O–H groups in total. The number of hydrogen-bond acceptors (Lipinski definition) is 5. The number of benzene rings is 1. The van der Waals surface area contributed by atoms with Crippen LogP contribution in [0, 0.1) is 0 Å². The van der Waals surface area contributed by atoms with E-state index in [-0.39, 0.29) is 0 Å². The molecular weight excluding hydrogens is 366 g/mol. The lowest BCUT2D eigenvalue weighted by Crippen LogP contribution is -2.29. The minimum absolute atomic E-state index is 0.433. The Bertz CT molecular complexity index is 1020. The van der Waals surface area contributed by atoms with Gasteiger partial charge in [-0.3, -0.25) is 5.32 Å². The fourth-order valence-corrected chi connectivity index (χ4v) is 3.71. The van der Waals surface area contributed by atoms with Crippen molar-refractivity contribution in [3.05, 3.63) is 48.4 Å². The van der Waals surface area contributed by atoms with E-state index in [9.17, 15) is 4.79 Å². The van der Waals surface area contributed by atoms with Crippen LogP contribution in [0.1, 0.15) is 45.2 Å². The summed E-state index contributed by atoms with van der Waals surface area (Å²) in [6.45, 7) is 7.56. The Morgan fingerprint density at radius 3 is 2.93 bits per heavy atom. The first-order valence-corrected chi connectivity index (χ1v) is 10.0. The molecule has 29 heavy (non-hydrogen) atoms. The van der Waals surface area contributed by atoms with E-state index in [0.717, 1.165) is 36.3 Å². The summed E-state index contributed by atoms with van der Waals surface area (Å²) in [6.07, 6.45) is 5.54. The Morgan fingerprint density at radius 1 is 1.31 bits per heavy atom. The first kappa shape index (κ1) is 19.4. The van der Waals surface area contributed by atoms with Crippen molar-refractivity contribution in [2.24, 2.45) is 0 Å². The standard InChI is InChI=1S/C22H27N5O2/c1-22(2,3)29-21(28)26-17-8-4-6-15(12-17)18-14-25-27-19(9-11-24-20(18)27)16-7-5-10-23-13-16/h4,6,8-9,11-12,14,16,23H,5,7,10,13H2,1-3H3,(H,26,28). The molecule has 3 aromatic rings. The first-order valence-electron chi connectivity index (χ1n) is 10.0. The molecule has 2 aromatic heterocycles. The van der Waals surface area contributed by atoms with Gasteiger partial charge in [0.15, 0.2) is 5.65 Å². The Morgan fingerprint density at radius 2 is 2.17 bits per heavy atom. The quantitative estimate of drug-likeness (QED) is 0.697. The molecule has 1 aliphatic rings. The van der Waals surface area contributed by atoms with E-state index in [0.29, 0.717) is 11.6 Å². The zero-order chi connectivity index (χ0) is 20.4. The Kier molecular flexibility index (Phi) is 5.24. The van der Waals surface area contributed by atoms with Crippen molar-refractivity contribution >= 4 is 17.4 Å². The average molecular weight is 393 g/mol. The Hall–Kier alpha value is -2.93. The molecule has 1 atom stereocenters. The van der Waals surface area contributed by atoms with Gasteiger partial charge in [-0.2, -0.15) is 5.10 Å². The van der Waals surface area contributed by atoms with Crippen LogP contribution < -0.4 is 10.6 Å². The molecule has 1 fully saturated rings. The molecule has 1 amide bonds. The summed E-state index contributed by atoms with van der Waals surface area (Å²) >= 11 is 0. The van der Waals surface area contributed by atoms with E-state index < -0.39 is 11.7 Å². The number of carbonyl (C=O) groups is 1. The lowest BCUT2D eigenvalue weighted by molar-refractivity contribution is 0.0636. The highest BCUT2D eigenvalue weighted by atomic mass is 16.6. The molecule has 0 aliphatic carbocycles. The van der Waals surface area contributed by atoms with Gasteiger partial charge in [0.1, 0.15) is 5.60 Å². The second kappa shape index (κ2) is 7.83. The van der Waals surface area contributed by atoms with E-state index in [1.54, 1.807) is 0 Å². The smallest absolute Gasteiger partial charge is 0.412 e. The molecule has 0 bridgehead atoms. The fourth-order valence-electron chi connectivity index (χ4n) is 3.71. The predicted molar refractivity (Wildman–Crippen MR) is 113 cm³/mol. The van der Waals surface area contributed by atoms with Gasteiger partial charge in [-0.25, -0.2) is 14.3 Å². The van der Waals surface area contributed by atoms with Gasteiger partial charge in [0.25, 0.3) is 0 Å². The minimum atomic E-state index is -0.543. The zero-order valence-corrected chi connectivity index (χ0v) is 17.1. The van der Waals surface area contributed by atoms with Gasteiger partial charge in [-0.15, -0.1) is 0 Å². The van der Waals surface area contributed by atoms with Crippen molar-refractivity contribution in [1.29, 1.82) is 0 Å². The second-order valence-electron chi connectivity index (χ2n) is 8.41. The summed E-state index contributed by atoms with van der Waals surface area (Å²) in [5.41, 5.74) is 4.00. The van der Waals surface area contributed by atoms with Crippen molar-refractivity contribution in [3.8, 4) is 11.1 Å². The van der Waals surface area contributed by atoms with Gasteiger partial charge in [0.2, 0.25) is 0 Å². The van der Waals surface area contributed by atoms with Crippen molar-refractivity contribution in [2.75, 3.05) is 18.4 Å². The third-order valence-corrected chi connectivity index (χ3v) is 4.96. The number of carbonyl (C=O) groups excluding carboxylic acids is 1. The molecule has 1 aromatic carbocycles. The zero-order valence-electron chi connectivity index (χ0n) is 17.1. The molecule has 0 radical (unpaired) electrons. The van der Waals surface area contributed by atoms with Gasteiger partial charge in [0, 0.05) is 29.9 Å². The summed E-state index contributed by atoms with van der Waals surface area (Å²) in [5.74, 6) is 0.433. The third-order valence-electron chi connectivity index (χ3n) is 4.96. The topological polar surface area (TPSA) is 80.5 Å². The van der Waals surface area contributed by atoms with Gasteiger partial charge < -0.3 is 10.1 Å². The summed E-state index contributed by atoms with van der Waals surface area (Å²) in [4.78, 5) is 16.7. The molecule has 0 spiro atoms. The third kappa shape index (κ3) is 4.40. The summed E-state index contributed by atoms with van der Waals surface area (Å²) in [6, 6.07) is 9.71. The van der Waals surface area contributed by atoms with Crippen molar-refractivity contribution in [3.63, 3.8) is 0 Å². The van der Waals surface area contributed by atoms with Gasteiger partial charge in [-0.1, -0.05) is 12.1 Å².